The smallest absolute Gasteiger partial charge is 0.360 e. The van der Waals surface area contributed by atoms with E-state index in [9.17, 15) is 19.2 Å². The lowest BCUT2D eigenvalue weighted by atomic mass is 10.1. The summed E-state index contributed by atoms with van der Waals surface area (Å²) in [6, 6.07) is 60.5. The van der Waals surface area contributed by atoms with Crippen LogP contribution < -0.4 is 0 Å². The molecular weight excluding hydrogens is 1840 g/mol. The van der Waals surface area contributed by atoms with Gasteiger partial charge in [0.15, 0.2) is 66.1 Å². The average Bonchev–Trinajstić information content (AvgIpc) is 1.63. The number of carbonyl (C=O) groups is 4. The Labute approximate surface area is 737 Å². The standard InChI is InChI=1S/C21H16BrClN4O2S.C21H16Cl2N4O2S.C20H14BrClN4O2S.C20H14Cl2N4O2S/c1-3-29-21(28)17-16(22)18(27(25-17)15-10-5-4-9-14(15)23)20-24-19(26-30-20)13-8-6-7-12(2)11-13;1-3-29-21(28)17-16(23)18(27(25-17)15-10-5-4-9-14(15)22)20-24-19(26-30-20)13-8-6-7-12(2)11-13;1-11-6-5-7-12(10-11)18-23-19(29-25-18)17-15(21)16(20(27)28-2)24-26(17)14-9-4-3-8-13(14)22;1-11-6-5-7-12(10-11)18-23-19(29-25-18)17-15(22)16(20(27)28-2)24-26(17)14-9-4-3-8-13(14)21/h2*4-11H,3H2,1-2H3;2*3-10H,1-2H3. The molecule has 0 spiro atoms. The topological polar surface area (TPSA) is 280 Å². The zero-order valence-electron chi connectivity index (χ0n) is 63.0. The second kappa shape index (κ2) is 38.4. The number of halogens is 8. The van der Waals surface area contributed by atoms with E-state index in [1.54, 1.807) is 65.7 Å². The highest BCUT2D eigenvalue weighted by molar-refractivity contribution is 9.11. The average molecular weight is 1900 g/mol. The molecule has 118 heavy (non-hydrogen) atoms. The van der Waals surface area contributed by atoms with Crippen molar-refractivity contribution in [2.75, 3.05) is 27.4 Å². The van der Waals surface area contributed by atoms with Gasteiger partial charge in [-0.15, -0.1) is 0 Å². The number of aromatic nitrogens is 16. The first-order valence-corrected chi connectivity index (χ1v) is 42.2. The van der Waals surface area contributed by atoms with E-state index in [1.807, 2.05) is 179 Å². The van der Waals surface area contributed by atoms with E-state index in [0.29, 0.717) is 118 Å². The van der Waals surface area contributed by atoms with Crippen molar-refractivity contribution in [1.82, 2.24) is 76.6 Å². The molecule has 0 aliphatic heterocycles. The van der Waals surface area contributed by atoms with Gasteiger partial charge in [-0.1, -0.05) is 213 Å². The molecule has 0 fully saturated rings. The van der Waals surface area contributed by atoms with E-state index in [1.165, 1.54) is 58.2 Å². The first-order valence-electron chi connectivity index (χ1n) is 35.3. The van der Waals surface area contributed by atoms with Gasteiger partial charge < -0.3 is 18.9 Å². The van der Waals surface area contributed by atoms with Crippen LogP contribution in [0.2, 0.25) is 30.1 Å². The minimum Gasteiger partial charge on any atom is -0.464 e. The minimum atomic E-state index is -0.648. The Morgan fingerprint density at radius 1 is 0.339 bits per heavy atom. The fourth-order valence-corrected chi connectivity index (χ4v) is 17.4. The predicted molar refractivity (Wildman–Crippen MR) is 471 cm³/mol. The van der Waals surface area contributed by atoms with Crippen LogP contribution in [0.4, 0.5) is 0 Å². The Balaban J connectivity index is 0.000000136. The number of aryl methyl sites for hydroxylation is 4. The van der Waals surface area contributed by atoms with Crippen LogP contribution in [0.3, 0.4) is 0 Å². The summed E-state index contributed by atoms with van der Waals surface area (Å²) in [5.74, 6) is -0.00590. The zero-order valence-corrected chi connectivity index (χ0v) is 73.9. The van der Waals surface area contributed by atoms with Crippen molar-refractivity contribution in [3.8, 4) is 111 Å². The van der Waals surface area contributed by atoms with Crippen LogP contribution in [0.15, 0.2) is 203 Å². The lowest BCUT2D eigenvalue weighted by Crippen LogP contribution is -2.07. The molecular formula is C82H60Br2Cl6N16O8S4. The van der Waals surface area contributed by atoms with Crippen molar-refractivity contribution < 1.29 is 38.1 Å². The second-order valence-electron chi connectivity index (χ2n) is 25.1. The van der Waals surface area contributed by atoms with E-state index >= 15 is 0 Å². The summed E-state index contributed by atoms with van der Waals surface area (Å²) >= 11 is 50.5. The second-order valence-corrected chi connectivity index (χ2v) is 32.1. The van der Waals surface area contributed by atoms with Crippen molar-refractivity contribution >= 4 is 171 Å². The van der Waals surface area contributed by atoms with Gasteiger partial charge in [-0.05, 0) is 192 Å². The number of para-hydroxylation sites is 4. The highest BCUT2D eigenvalue weighted by Crippen LogP contribution is 2.43. The van der Waals surface area contributed by atoms with Gasteiger partial charge in [0.1, 0.15) is 32.8 Å². The molecule has 16 rings (SSSR count). The molecule has 16 aromatic rings. The van der Waals surface area contributed by atoms with Gasteiger partial charge in [0.05, 0.1) is 79.2 Å². The van der Waals surface area contributed by atoms with Crippen LogP contribution >= 0.6 is 148 Å². The largest absolute Gasteiger partial charge is 0.464 e. The molecule has 24 nitrogen and oxygen atoms in total. The summed E-state index contributed by atoms with van der Waals surface area (Å²) in [6.45, 7) is 12.0. The van der Waals surface area contributed by atoms with Gasteiger partial charge >= 0.3 is 23.9 Å². The lowest BCUT2D eigenvalue weighted by Gasteiger charge is -2.07. The first-order chi connectivity index (χ1) is 57.0. The SMILES string of the molecule is CCOC(=O)c1nn(-c2ccccc2Cl)c(-c2nc(-c3cccc(C)c3)ns2)c1Br.CCOC(=O)c1nn(-c2ccccc2Cl)c(-c2nc(-c3cccc(C)c3)ns2)c1Cl.COC(=O)c1nn(-c2ccccc2Cl)c(-c2nc(-c3cccc(C)c3)ns2)c1Br.COC(=O)c1nn(-c2ccccc2Cl)c(-c2nc(-c3cccc(C)c3)ns2)c1Cl. The zero-order chi connectivity index (χ0) is 83.6. The number of nitrogens with zero attached hydrogens (tertiary/aromatic N) is 16. The molecule has 0 bridgehead atoms. The number of ether oxygens (including phenoxy) is 4. The summed E-state index contributed by atoms with van der Waals surface area (Å²) in [6.07, 6.45) is 0. The van der Waals surface area contributed by atoms with Gasteiger partial charge in [0, 0.05) is 22.3 Å². The van der Waals surface area contributed by atoms with E-state index < -0.39 is 23.9 Å². The maximum Gasteiger partial charge on any atom is 0.360 e. The molecule has 8 aromatic carbocycles. The maximum absolute atomic E-state index is 12.4. The van der Waals surface area contributed by atoms with Crippen LogP contribution in [-0.4, -0.2) is 128 Å². The van der Waals surface area contributed by atoms with Crippen molar-refractivity contribution in [2.24, 2.45) is 0 Å². The lowest BCUT2D eigenvalue weighted by molar-refractivity contribution is 0.0509. The molecule has 36 heteroatoms. The number of hydrogen-bond donors (Lipinski definition) is 0. The van der Waals surface area contributed by atoms with Crippen molar-refractivity contribution in [3.05, 3.63) is 278 Å². The summed E-state index contributed by atoms with van der Waals surface area (Å²) in [4.78, 5) is 67.9. The summed E-state index contributed by atoms with van der Waals surface area (Å²) in [5.41, 5.74) is 12.7. The van der Waals surface area contributed by atoms with Crippen molar-refractivity contribution in [3.63, 3.8) is 0 Å². The van der Waals surface area contributed by atoms with Crippen LogP contribution in [0.5, 0.6) is 0 Å². The Hall–Kier alpha value is -10.6. The van der Waals surface area contributed by atoms with Gasteiger partial charge in [0.25, 0.3) is 0 Å². The molecule has 0 radical (unpaired) electrons. The Morgan fingerprint density at radius 3 is 0.864 bits per heavy atom. The predicted octanol–water partition coefficient (Wildman–Crippen LogP) is 22.8. The maximum atomic E-state index is 12.4. The van der Waals surface area contributed by atoms with E-state index in [2.05, 4.69) is 84.7 Å². The van der Waals surface area contributed by atoms with Crippen LogP contribution in [0.1, 0.15) is 78.1 Å². The summed E-state index contributed by atoms with van der Waals surface area (Å²) in [5, 5.41) is 22.0. The number of hydrogen-bond acceptors (Lipinski definition) is 24. The van der Waals surface area contributed by atoms with Crippen molar-refractivity contribution in [1.29, 1.82) is 0 Å². The molecule has 8 aromatic heterocycles. The van der Waals surface area contributed by atoms with Crippen molar-refractivity contribution in [2.45, 2.75) is 41.5 Å². The summed E-state index contributed by atoms with van der Waals surface area (Å²) in [7, 11) is 2.58. The fourth-order valence-electron chi connectivity index (χ4n) is 11.5. The molecule has 0 amide bonds. The monoisotopic (exact) mass is 1890 g/mol. The molecule has 0 N–H and O–H groups in total. The third kappa shape index (κ3) is 18.8. The quantitative estimate of drug-likeness (QED) is 0.0570. The normalized spacial score (nSPS) is 10.9. The highest BCUT2D eigenvalue weighted by Gasteiger charge is 2.33. The number of methoxy groups -OCH3 is 2. The molecule has 0 aliphatic carbocycles. The molecule has 596 valence electrons. The molecule has 0 saturated carbocycles. The number of carbonyl (C=O) groups excluding carboxylic acids is 4. The van der Waals surface area contributed by atoms with Crippen LogP contribution in [0, 0.1) is 27.7 Å². The minimum absolute atomic E-state index is 0.000687. The molecule has 0 aliphatic rings. The number of rotatable bonds is 18. The van der Waals surface area contributed by atoms with E-state index in [-0.39, 0.29) is 46.0 Å². The van der Waals surface area contributed by atoms with Gasteiger partial charge in [-0.3, -0.25) is 0 Å². The van der Waals surface area contributed by atoms with E-state index in [0.717, 1.165) is 56.0 Å². The molecule has 0 saturated heterocycles. The number of benzene rings is 8. The third-order valence-corrected chi connectivity index (χ3v) is 23.3. The van der Waals surface area contributed by atoms with Gasteiger partial charge in [-0.25, -0.2) is 57.8 Å². The molecule has 8 heterocycles. The number of esters is 4. The van der Waals surface area contributed by atoms with Crippen LogP contribution in [0.25, 0.3) is 111 Å². The van der Waals surface area contributed by atoms with Gasteiger partial charge in [-0.2, -0.15) is 37.9 Å². The Bertz CT molecular complexity index is 6060. The van der Waals surface area contributed by atoms with E-state index in [4.69, 9.17) is 93.5 Å². The first kappa shape index (κ1) is 85.3. The van der Waals surface area contributed by atoms with Gasteiger partial charge in [0.2, 0.25) is 0 Å². The molecule has 0 unspecified atom stereocenters. The summed E-state index contributed by atoms with van der Waals surface area (Å²) < 4.78 is 45.0. The van der Waals surface area contributed by atoms with Crippen LogP contribution in [-0.2, 0) is 18.9 Å². The third-order valence-electron chi connectivity index (χ3n) is 16.9. The fraction of sp³-hybridized carbons (Fsp3) is 0.122. The highest BCUT2D eigenvalue weighted by atomic mass is 79.9. The Kier molecular flexibility index (Phi) is 27.8. The molecule has 0 atom stereocenters. The Morgan fingerprint density at radius 2 is 0.585 bits per heavy atom.